The number of ether oxygens (including phenoxy) is 1. The van der Waals surface area contributed by atoms with E-state index < -0.39 is 6.10 Å². The summed E-state index contributed by atoms with van der Waals surface area (Å²) in [6.07, 6.45) is -0.713. The van der Waals surface area contributed by atoms with Gasteiger partial charge >= 0.3 is 0 Å². The number of hydrogen-bond donors (Lipinski definition) is 2. The highest BCUT2D eigenvalue weighted by Crippen LogP contribution is 2.31. The van der Waals surface area contributed by atoms with Gasteiger partial charge < -0.3 is 15.6 Å². The fourth-order valence-corrected chi connectivity index (χ4v) is 1.93. The van der Waals surface area contributed by atoms with Crippen molar-refractivity contribution in [2.45, 2.75) is 19.1 Å². The lowest BCUT2D eigenvalue weighted by atomic mass is 9.99. The summed E-state index contributed by atoms with van der Waals surface area (Å²) in [7, 11) is 1.60. The maximum Gasteiger partial charge on any atom is 0.125 e. The molecule has 3 N–H and O–H groups in total. The van der Waals surface area contributed by atoms with Gasteiger partial charge in [0.05, 0.1) is 13.2 Å². The maximum atomic E-state index is 10.1. The molecule has 0 aliphatic rings. The van der Waals surface area contributed by atoms with Crippen LogP contribution in [-0.4, -0.2) is 18.3 Å². The van der Waals surface area contributed by atoms with E-state index in [0.717, 1.165) is 16.3 Å². The molecule has 0 saturated heterocycles. The van der Waals surface area contributed by atoms with Gasteiger partial charge in [-0.1, -0.05) is 24.3 Å². The molecule has 3 heteroatoms. The average molecular weight is 231 g/mol. The van der Waals surface area contributed by atoms with E-state index in [9.17, 15) is 5.11 Å². The zero-order valence-electron chi connectivity index (χ0n) is 10.1. The number of nitrogens with two attached hydrogens (primary N) is 1. The van der Waals surface area contributed by atoms with Gasteiger partial charge in [0.2, 0.25) is 0 Å². The summed E-state index contributed by atoms with van der Waals surface area (Å²) in [6, 6.07) is 11.5. The molecule has 2 atom stereocenters. The number of hydrogen-bond acceptors (Lipinski definition) is 3. The van der Waals surface area contributed by atoms with Crippen LogP contribution in [0.1, 0.15) is 18.6 Å². The number of fused-ring (bicyclic) bond motifs is 1. The first-order chi connectivity index (χ1) is 8.13. The fourth-order valence-electron chi connectivity index (χ4n) is 1.93. The SMILES string of the molecule is COc1cc2ccccc2cc1[C@H](O)[C@@H](C)N. The lowest BCUT2D eigenvalue weighted by Crippen LogP contribution is -2.24. The molecule has 0 aromatic heterocycles. The van der Waals surface area contributed by atoms with E-state index in [1.54, 1.807) is 14.0 Å². The lowest BCUT2D eigenvalue weighted by Gasteiger charge is -2.18. The number of aliphatic hydroxyl groups is 1. The summed E-state index contributed by atoms with van der Waals surface area (Å²) in [4.78, 5) is 0. The molecule has 0 radical (unpaired) electrons. The minimum atomic E-state index is -0.713. The second-order valence-corrected chi connectivity index (χ2v) is 4.25. The Hall–Kier alpha value is -1.58. The van der Waals surface area contributed by atoms with Crippen molar-refractivity contribution in [2.24, 2.45) is 5.73 Å². The predicted octanol–water partition coefficient (Wildman–Crippen LogP) is 2.23. The number of methoxy groups -OCH3 is 1. The van der Waals surface area contributed by atoms with Crippen molar-refractivity contribution in [3.8, 4) is 5.75 Å². The van der Waals surface area contributed by atoms with Gasteiger partial charge in [-0.25, -0.2) is 0 Å². The molecule has 0 saturated carbocycles. The third-order valence-corrected chi connectivity index (χ3v) is 2.91. The molecule has 0 unspecified atom stereocenters. The maximum absolute atomic E-state index is 10.1. The monoisotopic (exact) mass is 231 g/mol. The number of aliphatic hydroxyl groups excluding tert-OH is 1. The van der Waals surface area contributed by atoms with Crippen LogP contribution in [0.2, 0.25) is 0 Å². The Morgan fingerprint density at radius 3 is 2.29 bits per heavy atom. The second-order valence-electron chi connectivity index (χ2n) is 4.25. The Morgan fingerprint density at radius 1 is 1.18 bits per heavy atom. The Morgan fingerprint density at radius 2 is 1.76 bits per heavy atom. The highest BCUT2D eigenvalue weighted by molar-refractivity contribution is 5.85. The molecule has 0 amide bonds. The first kappa shape index (κ1) is 11.9. The summed E-state index contributed by atoms with van der Waals surface area (Å²) < 4.78 is 5.31. The van der Waals surface area contributed by atoms with Crippen LogP contribution in [0, 0.1) is 0 Å². The summed E-state index contributed by atoms with van der Waals surface area (Å²) in [5.41, 5.74) is 6.47. The third kappa shape index (κ3) is 2.25. The summed E-state index contributed by atoms with van der Waals surface area (Å²) in [5.74, 6) is 0.675. The van der Waals surface area contributed by atoms with Crippen LogP contribution in [0.5, 0.6) is 5.75 Å². The Balaban J connectivity index is 2.60. The van der Waals surface area contributed by atoms with Crippen molar-refractivity contribution in [3.63, 3.8) is 0 Å². The van der Waals surface area contributed by atoms with E-state index >= 15 is 0 Å². The number of benzene rings is 2. The molecule has 2 rings (SSSR count). The average Bonchev–Trinajstić information content (AvgIpc) is 2.36. The third-order valence-electron chi connectivity index (χ3n) is 2.91. The molecule has 0 spiro atoms. The topological polar surface area (TPSA) is 55.5 Å². The molecular weight excluding hydrogens is 214 g/mol. The number of rotatable bonds is 3. The molecule has 0 heterocycles. The van der Waals surface area contributed by atoms with Gasteiger partial charge in [0.1, 0.15) is 5.75 Å². The standard InChI is InChI=1S/C14H17NO2/c1-9(15)14(16)12-7-10-5-3-4-6-11(10)8-13(12)17-2/h3-9,14,16H,15H2,1-2H3/t9-,14-/m1/s1. The molecule has 2 aromatic rings. The zero-order chi connectivity index (χ0) is 12.4. The van der Waals surface area contributed by atoms with Crippen LogP contribution in [0.3, 0.4) is 0 Å². The van der Waals surface area contributed by atoms with Crippen LogP contribution < -0.4 is 10.5 Å². The molecule has 0 aliphatic carbocycles. The molecule has 17 heavy (non-hydrogen) atoms. The van der Waals surface area contributed by atoms with Crippen LogP contribution >= 0.6 is 0 Å². The first-order valence-corrected chi connectivity index (χ1v) is 5.64. The summed E-state index contributed by atoms with van der Waals surface area (Å²) in [6.45, 7) is 1.78. The van der Waals surface area contributed by atoms with Crippen molar-refractivity contribution in [1.29, 1.82) is 0 Å². The van der Waals surface area contributed by atoms with E-state index in [4.69, 9.17) is 10.5 Å². The van der Waals surface area contributed by atoms with Crippen molar-refractivity contribution < 1.29 is 9.84 Å². The largest absolute Gasteiger partial charge is 0.496 e. The van der Waals surface area contributed by atoms with Gasteiger partial charge in [-0.3, -0.25) is 0 Å². The molecule has 0 fully saturated rings. The van der Waals surface area contributed by atoms with Crippen molar-refractivity contribution >= 4 is 10.8 Å². The van der Waals surface area contributed by atoms with Gasteiger partial charge in [0.15, 0.2) is 0 Å². The Bertz CT molecular complexity index is 523. The normalized spacial score (nSPS) is 14.6. The predicted molar refractivity (Wildman–Crippen MR) is 69.1 cm³/mol. The zero-order valence-corrected chi connectivity index (χ0v) is 10.1. The van der Waals surface area contributed by atoms with E-state index in [2.05, 4.69) is 0 Å². The highest BCUT2D eigenvalue weighted by atomic mass is 16.5. The van der Waals surface area contributed by atoms with Crippen LogP contribution in [0.25, 0.3) is 10.8 Å². The van der Waals surface area contributed by atoms with Crippen molar-refractivity contribution in [3.05, 3.63) is 42.0 Å². The molecular formula is C14H17NO2. The molecule has 0 bridgehead atoms. The smallest absolute Gasteiger partial charge is 0.125 e. The quantitative estimate of drug-likeness (QED) is 0.851. The van der Waals surface area contributed by atoms with Gasteiger partial charge in [-0.05, 0) is 29.8 Å². The van der Waals surface area contributed by atoms with Gasteiger partial charge in [0, 0.05) is 11.6 Å². The molecule has 3 nitrogen and oxygen atoms in total. The first-order valence-electron chi connectivity index (χ1n) is 5.64. The van der Waals surface area contributed by atoms with Crippen molar-refractivity contribution in [1.82, 2.24) is 0 Å². The highest BCUT2D eigenvalue weighted by Gasteiger charge is 2.17. The van der Waals surface area contributed by atoms with E-state index in [1.165, 1.54) is 0 Å². The Labute approximate surface area is 101 Å². The van der Waals surface area contributed by atoms with Crippen LogP contribution in [0.15, 0.2) is 36.4 Å². The fraction of sp³-hybridized carbons (Fsp3) is 0.286. The minimum Gasteiger partial charge on any atom is -0.496 e. The van der Waals surface area contributed by atoms with E-state index in [-0.39, 0.29) is 6.04 Å². The van der Waals surface area contributed by atoms with Gasteiger partial charge in [-0.15, -0.1) is 0 Å². The van der Waals surface area contributed by atoms with Crippen molar-refractivity contribution in [2.75, 3.05) is 7.11 Å². The van der Waals surface area contributed by atoms with Gasteiger partial charge in [0.25, 0.3) is 0 Å². The van der Waals surface area contributed by atoms with Gasteiger partial charge in [-0.2, -0.15) is 0 Å². The summed E-state index contributed by atoms with van der Waals surface area (Å²) in [5, 5.41) is 12.2. The summed E-state index contributed by atoms with van der Waals surface area (Å²) >= 11 is 0. The minimum absolute atomic E-state index is 0.329. The Kier molecular flexibility index (Phi) is 3.31. The lowest BCUT2D eigenvalue weighted by molar-refractivity contribution is 0.149. The second kappa shape index (κ2) is 4.73. The molecule has 90 valence electrons. The van der Waals surface area contributed by atoms with Crippen LogP contribution in [-0.2, 0) is 0 Å². The molecule has 2 aromatic carbocycles. The van der Waals surface area contributed by atoms with Crippen LogP contribution in [0.4, 0.5) is 0 Å². The molecule has 0 aliphatic heterocycles. The van der Waals surface area contributed by atoms with E-state index in [1.807, 2.05) is 36.4 Å². The van der Waals surface area contributed by atoms with E-state index in [0.29, 0.717) is 5.75 Å².